The molecule has 96 valence electrons. The number of hydrogen-bond donors (Lipinski definition) is 1. The Bertz CT molecular complexity index is 650. The van der Waals surface area contributed by atoms with Crippen molar-refractivity contribution in [3.05, 3.63) is 64.8 Å². The second kappa shape index (κ2) is 5.67. The lowest BCUT2D eigenvalue weighted by Crippen LogP contribution is -2.30. The minimum absolute atomic E-state index is 0.0735. The van der Waals surface area contributed by atoms with E-state index in [1.807, 2.05) is 25.1 Å². The summed E-state index contributed by atoms with van der Waals surface area (Å²) < 4.78 is 1.61. The van der Waals surface area contributed by atoms with E-state index in [1.54, 1.807) is 35.2 Å². The summed E-state index contributed by atoms with van der Waals surface area (Å²) in [5, 5.41) is 0.557. The van der Waals surface area contributed by atoms with Crippen LogP contribution in [0.4, 0.5) is 5.82 Å². The number of aryl methyl sites for hydroxylation is 1. The first-order valence-corrected chi connectivity index (χ1v) is 6.19. The molecule has 4 heteroatoms. The number of aromatic nitrogens is 1. The largest absolute Gasteiger partial charge is 0.289 e. The van der Waals surface area contributed by atoms with Gasteiger partial charge in [0.15, 0.2) is 5.78 Å². The molecule has 0 aliphatic heterocycles. The van der Waals surface area contributed by atoms with Gasteiger partial charge in [-0.2, -0.15) is 0 Å². The van der Waals surface area contributed by atoms with E-state index in [1.165, 1.54) is 6.08 Å². The van der Waals surface area contributed by atoms with E-state index in [-0.39, 0.29) is 5.78 Å². The van der Waals surface area contributed by atoms with E-state index in [9.17, 15) is 4.79 Å². The van der Waals surface area contributed by atoms with Gasteiger partial charge in [-0.3, -0.25) is 10.5 Å². The third-order valence-electron chi connectivity index (χ3n) is 2.66. The molecule has 19 heavy (non-hydrogen) atoms. The average Bonchev–Trinajstić information content (AvgIpc) is 2.39. The summed E-state index contributed by atoms with van der Waals surface area (Å²) in [5.74, 6) is 0.438. The highest BCUT2D eigenvalue weighted by Crippen LogP contribution is 2.07. The zero-order chi connectivity index (χ0) is 13.8. The van der Waals surface area contributed by atoms with Gasteiger partial charge in [-0.1, -0.05) is 35.4 Å². The maximum atomic E-state index is 12.0. The molecule has 0 aliphatic rings. The van der Waals surface area contributed by atoms with Gasteiger partial charge in [0.05, 0.1) is 11.2 Å². The van der Waals surface area contributed by atoms with Crippen LogP contribution >= 0.6 is 11.6 Å². The Balaban J connectivity index is 2.23. The monoisotopic (exact) mass is 273 g/mol. The van der Waals surface area contributed by atoms with Crippen LogP contribution in [0.2, 0.25) is 5.02 Å². The Labute approximate surface area is 116 Å². The fraction of sp³-hybridized carbons (Fsp3) is 0.0667. The number of rotatable bonds is 3. The summed E-state index contributed by atoms with van der Waals surface area (Å²) >= 11 is 5.87. The van der Waals surface area contributed by atoms with Crippen LogP contribution in [0.3, 0.4) is 0 Å². The topological polar surface area (TPSA) is 47.0 Å². The number of anilines is 1. The summed E-state index contributed by atoms with van der Waals surface area (Å²) in [4.78, 5) is 12.0. The number of carbonyl (C=O) groups excluding carboxylic acids is 1. The molecule has 2 N–H and O–H groups in total. The molecule has 3 nitrogen and oxygen atoms in total. The van der Waals surface area contributed by atoms with Gasteiger partial charge in [-0.25, -0.2) is 4.57 Å². The van der Waals surface area contributed by atoms with E-state index in [4.69, 9.17) is 17.3 Å². The lowest BCUT2D eigenvalue weighted by molar-refractivity contribution is -0.552. The minimum atomic E-state index is -0.0735. The summed E-state index contributed by atoms with van der Waals surface area (Å²) in [7, 11) is 0. The molecule has 0 bridgehead atoms. The molecule has 1 aromatic carbocycles. The summed E-state index contributed by atoms with van der Waals surface area (Å²) in [5.41, 5.74) is 7.48. The van der Waals surface area contributed by atoms with Crippen LogP contribution in [0.5, 0.6) is 0 Å². The van der Waals surface area contributed by atoms with Crippen molar-refractivity contribution >= 4 is 29.4 Å². The molecular weight excluding hydrogens is 260 g/mol. The highest BCUT2D eigenvalue weighted by Gasteiger charge is 2.05. The molecule has 0 amide bonds. The number of halogens is 1. The standard InChI is InChI=1S/C15H13ClN2O/c1-11-3-2-4-12(9-11)14(19)7-8-18-10-13(16)5-6-15(18)17/h2-10,17H,1H3/p+1/b8-7+. The number of carbonyl (C=O) groups is 1. The van der Waals surface area contributed by atoms with Crippen molar-refractivity contribution in [2.75, 3.05) is 5.73 Å². The second-order valence-corrected chi connectivity index (χ2v) is 4.67. The third kappa shape index (κ3) is 3.42. The fourth-order valence-corrected chi connectivity index (χ4v) is 1.84. The molecule has 2 rings (SSSR count). The van der Waals surface area contributed by atoms with Crippen LogP contribution in [0, 0.1) is 6.92 Å². The van der Waals surface area contributed by atoms with Gasteiger partial charge in [0, 0.05) is 17.7 Å². The number of hydrogen-bond acceptors (Lipinski definition) is 2. The van der Waals surface area contributed by atoms with Gasteiger partial charge in [0.25, 0.3) is 5.82 Å². The second-order valence-electron chi connectivity index (χ2n) is 4.23. The quantitative estimate of drug-likeness (QED) is 0.531. The first-order chi connectivity index (χ1) is 9.06. The molecule has 0 radical (unpaired) electrons. The van der Waals surface area contributed by atoms with E-state index in [2.05, 4.69) is 0 Å². The first kappa shape index (κ1) is 13.3. The van der Waals surface area contributed by atoms with Crippen molar-refractivity contribution in [3.8, 4) is 0 Å². The predicted octanol–water partition coefficient (Wildman–Crippen LogP) is 2.87. The van der Waals surface area contributed by atoms with Gasteiger partial charge in [-0.15, -0.1) is 0 Å². The zero-order valence-corrected chi connectivity index (χ0v) is 11.3. The smallest absolute Gasteiger partial charge is 0.277 e. The first-order valence-electron chi connectivity index (χ1n) is 5.81. The third-order valence-corrected chi connectivity index (χ3v) is 2.89. The van der Waals surface area contributed by atoms with E-state index in [0.717, 1.165) is 5.56 Å². The van der Waals surface area contributed by atoms with Gasteiger partial charge < -0.3 is 0 Å². The lowest BCUT2D eigenvalue weighted by atomic mass is 10.1. The molecule has 1 aromatic heterocycles. The highest BCUT2D eigenvalue weighted by atomic mass is 35.5. The minimum Gasteiger partial charge on any atom is -0.289 e. The molecule has 1 heterocycles. The zero-order valence-electron chi connectivity index (χ0n) is 10.5. The Morgan fingerprint density at radius 3 is 2.84 bits per heavy atom. The Morgan fingerprint density at radius 1 is 1.32 bits per heavy atom. The van der Waals surface area contributed by atoms with Crippen molar-refractivity contribution in [1.29, 1.82) is 0 Å². The van der Waals surface area contributed by atoms with Crippen molar-refractivity contribution < 1.29 is 9.36 Å². The lowest BCUT2D eigenvalue weighted by Gasteiger charge is -1.98. The van der Waals surface area contributed by atoms with E-state index < -0.39 is 0 Å². The highest BCUT2D eigenvalue weighted by molar-refractivity contribution is 6.30. The number of nitrogens with two attached hydrogens (primary N) is 1. The number of allylic oxidation sites excluding steroid dienone is 1. The summed E-state index contributed by atoms with van der Waals surface area (Å²) in [6, 6.07) is 10.8. The Hall–Kier alpha value is -2.13. The van der Waals surface area contributed by atoms with Crippen LogP contribution < -0.4 is 10.3 Å². The number of nitrogens with zero attached hydrogens (tertiary/aromatic N) is 1. The average molecular weight is 274 g/mol. The maximum absolute atomic E-state index is 12.0. The van der Waals surface area contributed by atoms with Crippen LogP contribution in [-0.2, 0) is 0 Å². The fourth-order valence-electron chi connectivity index (χ4n) is 1.67. The number of pyridine rings is 1. The molecule has 0 saturated heterocycles. The summed E-state index contributed by atoms with van der Waals surface area (Å²) in [6.45, 7) is 1.95. The van der Waals surface area contributed by atoms with Gasteiger partial charge in [-0.05, 0) is 19.1 Å². The molecule has 0 spiro atoms. The molecule has 0 aliphatic carbocycles. The SMILES string of the molecule is Cc1cccc(C(=O)/C=C/[n+]2cc(Cl)ccc2N)c1. The Morgan fingerprint density at radius 2 is 2.11 bits per heavy atom. The van der Waals surface area contributed by atoms with E-state index in [0.29, 0.717) is 16.4 Å². The van der Waals surface area contributed by atoms with Crippen molar-refractivity contribution in [2.45, 2.75) is 6.92 Å². The number of benzene rings is 1. The molecule has 0 saturated carbocycles. The van der Waals surface area contributed by atoms with Crippen molar-refractivity contribution in [3.63, 3.8) is 0 Å². The van der Waals surface area contributed by atoms with Crippen molar-refractivity contribution in [1.82, 2.24) is 0 Å². The molecule has 0 fully saturated rings. The Kier molecular flexibility index (Phi) is 3.97. The van der Waals surface area contributed by atoms with Gasteiger partial charge >= 0.3 is 0 Å². The molecule has 0 unspecified atom stereocenters. The molecule has 2 aromatic rings. The van der Waals surface area contributed by atoms with Crippen molar-refractivity contribution in [2.24, 2.45) is 0 Å². The normalized spacial score (nSPS) is 10.8. The number of nitrogen functional groups attached to an aromatic ring is 1. The molecular formula is C15H14ClN2O+. The van der Waals surface area contributed by atoms with Gasteiger partial charge in [0.2, 0.25) is 0 Å². The van der Waals surface area contributed by atoms with E-state index >= 15 is 0 Å². The number of ketones is 1. The maximum Gasteiger partial charge on any atom is 0.277 e. The van der Waals surface area contributed by atoms with Crippen LogP contribution in [0.15, 0.2) is 48.7 Å². The summed E-state index contributed by atoms with van der Waals surface area (Å²) in [6.07, 6.45) is 4.73. The predicted molar refractivity (Wildman–Crippen MR) is 76.9 cm³/mol. The molecule has 0 atom stereocenters. The van der Waals surface area contributed by atoms with Crippen LogP contribution in [-0.4, -0.2) is 5.78 Å². The van der Waals surface area contributed by atoms with Gasteiger partial charge in [0.1, 0.15) is 6.20 Å². The van der Waals surface area contributed by atoms with Crippen LogP contribution in [0.1, 0.15) is 15.9 Å². The van der Waals surface area contributed by atoms with Crippen LogP contribution in [0.25, 0.3) is 6.20 Å².